The van der Waals surface area contributed by atoms with Gasteiger partial charge in [0, 0.05) is 25.9 Å². The molecule has 16 heavy (non-hydrogen) atoms. The molecule has 1 heterocycles. The highest BCUT2D eigenvalue weighted by Crippen LogP contribution is 1.87. The molecule has 90 valence electrons. The van der Waals surface area contributed by atoms with Gasteiger partial charge in [-0.25, -0.2) is 4.79 Å². The minimum absolute atomic E-state index is 0.276. The first-order valence-corrected chi connectivity index (χ1v) is 5.51. The molecular weight excluding hydrogens is 208 g/mol. The molecule has 0 atom stereocenters. The Kier molecular flexibility index (Phi) is 4.98. The summed E-state index contributed by atoms with van der Waals surface area (Å²) in [5.41, 5.74) is -0.575. The van der Waals surface area contributed by atoms with E-state index in [1.807, 2.05) is 0 Å². The molecule has 5 nitrogen and oxygen atoms in total. The van der Waals surface area contributed by atoms with E-state index in [-0.39, 0.29) is 11.2 Å². The molecule has 0 aromatic carbocycles. The van der Waals surface area contributed by atoms with E-state index >= 15 is 0 Å². The van der Waals surface area contributed by atoms with Gasteiger partial charge < -0.3 is 9.30 Å². The van der Waals surface area contributed by atoms with Crippen LogP contribution in [-0.2, 0) is 18.3 Å². The Morgan fingerprint density at radius 3 is 2.75 bits per heavy atom. The van der Waals surface area contributed by atoms with Gasteiger partial charge in [-0.2, -0.15) is 0 Å². The molecule has 0 N–H and O–H groups in total. The highest BCUT2D eigenvalue weighted by atomic mass is 16.5. The van der Waals surface area contributed by atoms with Gasteiger partial charge >= 0.3 is 5.69 Å². The van der Waals surface area contributed by atoms with Crippen LogP contribution in [-0.4, -0.2) is 22.3 Å². The van der Waals surface area contributed by atoms with Gasteiger partial charge in [0.15, 0.2) is 0 Å². The second-order valence-corrected chi connectivity index (χ2v) is 3.67. The van der Waals surface area contributed by atoms with Crippen molar-refractivity contribution in [1.82, 2.24) is 9.13 Å². The SMILES string of the molecule is CCCCOCCn1c(=O)ccn(C)c1=O. The highest BCUT2D eigenvalue weighted by Gasteiger charge is 2.01. The number of nitrogens with zero attached hydrogens (tertiary/aromatic N) is 2. The predicted molar refractivity (Wildman–Crippen MR) is 61.7 cm³/mol. The van der Waals surface area contributed by atoms with Crippen molar-refractivity contribution in [2.24, 2.45) is 7.05 Å². The van der Waals surface area contributed by atoms with E-state index in [2.05, 4.69) is 6.92 Å². The fourth-order valence-corrected chi connectivity index (χ4v) is 1.32. The van der Waals surface area contributed by atoms with Crippen molar-refractivity contribution in [2.45, 2.75) is 26.3 Å². The summed E-state index contributed by atoms with van der Waals surface area (Å²) in [4.78, 5) is 23.0. The third-order valence-corrected chi connectivity index (χ3v) is 2.34. The molecule has 0 fully saturated rings. The summed E-state index contributed by atoms with van der Waals surface area (Å²) < 4.78 is 7.89. The summed E-state index contributed by atoms with van der Waals surface area (Å²) in [5.74, 6) is 0. The first-order valence-electron chi connectivity index (χ1n) is 5.51. The lowest BCUT2D eigenvalue weighted by Gasteiger charge is -2.06. The van der Waals surface area contributed by atoms with Crippen LogP contribution in [0, 0.1) is 0 Å². The van der Waals surface area contributed by atoms with Crippen LogP contribution in [0.1, 0.15) is 19.8 Å². The van der Waals surface area contributed by atoms with Gasteiger partial charge in [-0.3, -0.25) is 9.36 Å². The van der Waals surface area contributed by atoms with Crippen molar-refractivity contribution in [1.29, 1.82) is 0 Å². The van der Waals surface area contributed by atoms with Crippen LogP contribution in [0.25, 0.3) is 0 Å². The zero-order valence-electron chi connectivity index (χ0n) is 9.81. The van der Waals surface area contributed by atoms with Gasteiger partial charge in [0.05, 0.1) is 13.2 Å². The molecule has 0 saturated carbocycles. The summed E-state index contributed by atoms with van der Waals surface area (Å²) in [6.07, 6.45) is 3.55. The van der Waals surface area contributed by atoms with Crippen molar-refractivity contribution in [3.63, 3.8) is 0 Å². The maximum Gasteiger partial charge on any atom is 0.330 e. The molecule has 0 aliphatic rings. The molecule has 0 aliphatic carbocycles. The summed E-state index contributed by atoms with van der Waals surface area (Å²) >= 11 is 0. The summed E-state index contributed by atoms with van der Waals surface area (Å²) in [5, 5.41) is 0. The molecule has 0 unspecified atom stereocenters. The fourth-order valence-electron chi connectivity index (χ4n) is 1.32. The largest absolute Gasteiger partial charge is 0.380 e. The van der Waals surface area contributed by atoms with Crippen LogP contribution in [0.3, 0.4) is 0 Å². The van der Waals surface area contributed by atoms with Gasteiger partial charge in [-0.1, -0.05) is 13.3 Å². The maximum absolute atomic E-state index is 11.6. The normalized spacial score (nSPS) is 10.6. The number of hydrogen-bond acceptors (Lipinski definition) is 3. The minimum Gasteiger partial charge on any atom is -0.380 e. The zero-order valence-corrected chi connectivity index (χ0v) is 9.81. The molecule has 0 amide bonds. The van der Waals surface area contributed by atoms with Gasteiger partial charge in [0.25, 0.3) is 5.56 Å². The molecule has 0 bridgehead atoms. The van der Waals surface area contributed by atoms with Gasteiger partial charge in [0.2, 0.25) is 0 Å². The van der Waals surface area contributed by atoms with Crippen LogP contribution in [0.4, 0.5) is 0 Å². The van der Waals surface area contributed by atoms with Crippen LogP contribution < -0.4 is 11.2 Å². The Hall–Kier alpha value is -1.36. The van der Waals surface area contributed by atoms with Crippen molar-refractivity contribution >= 4 is 0 Å². The average molecular weight is 226 g/mol. The quantitative estimate of drug-likeness (QED) is 0.658. The number of rotatable bonds is 6. The first kappa shape index (κ1) is 12.7. The van der Waals surface area contributed by atoms with E-state index < -0.39 is 0 Å². The zero-order chi connectivity index (χ0) is 12.0. The van der Waals surface area contributed by atoms with E-state index in [9.17, 15) is 9.59 Å². The number of hydrogen-bond donors (Lipinski definition) is 0. The van der Waals surface area contributed by atoms with Gasteiger partial charge in [-0.15, -0.1) is 0 Å². The first-order chi connectivity index (χ1) is 7.66. The van der Waals surface area contributed by atoms with Crippen molar-refractivity contribution in [3.05, 3.63) is 33.1 Å². The van der Waals surface area contributed by atoms with Crippen molar-refractivity contribution in [2.75, 3.05) is 13.2 Å². The topological polar surface area (TPSA) is 53.2 Å². The monoisotopic (exact) mass is 226 g/mol. The lowest BCUT2D eigenvalue weighted by molar-refractivity contribution is 0.121. The number of ether oxygens (including phenoxy) is 1. The molecule has 0 saturated heterocycles. The lowest BCUT2D eigenvalue weighted by Crippen LogP contribution is -2.38. The highest BCUT2D eigenvalue weighted by molar-refractivity contribution is 4.85. The van der Waals surface area contributed by atoms with Crippen molar-refractivity contribution < 1.29 is 4.74 Å². The number of unbranched alkanes of at least 4 members (excludes halogenated alkanes) is 1. The van der Waals surface area contributed by atoms with Crippen LogP contribution >= 0.6 is 0 Å². The van der Waals surface area contributed by atoms with E-state index in [4.69, 9.17) is 4.74 Å². The number of aromatic nitrogens is 2. The smallest absolute Gasteiger partial charge is 0.330 e. The van der Waals surface area contributed by atoms with E-state index in [1.165, 1.54) is 21.4 Å². The van der Waals surface area contributed by atoms with Crippen LogP contribution in [0.15, 0.2) is 21.9 Å². The van der Waals surface area contributed by atoms with Crippen LogP contribution in [0.5, 0.6) is 0 Å². The second-order valence-electron chi connectivity index (χ2n) is 3.67. The van der Waals surface area contributed by atoms with Crippen LogP contribution in [0.2, 0.25) is 0 Å². The molecule has 1 aromatic rings. The Morgan fingerprint density at radius 2 is 2.06 bits per heavy atom. The van der Waals surface area contributed by atoms with Gasteiger partial charge in [-0.05, 0) is 6.42 Å². The molecule has 0 aliphatic heterocycles. The number of aryl methyl sites for hydroxylation is 1. The van der Waals surface area contributed by atoms with E-state index in [0.717, 1.165) is 12.8 Å². The average Bonchev–Trinajstić information content (AvgIpc) is 2.28. The van der Waals surface area contributed by atoms with Gasteiger partial charge in [0.1, 0.15) is 0 Å². The molecule has 1 rings (SSSR count). The minimum atomic E-state index is -0.299. The molecular formula is C11H18N2O3. The molecule has 5 heteroatoms. The Bertz CT molecular complexity index is 434. The standard InChI is InChI=1S/C11H18N2O3/c1-3-4-8-16-9-7-13-10(14)5-6-12(2)11(13)15/h5-6H,3-4,7-9H2,1-2H3. The Labute approximate surface area is 94.3 Å². The third kappa shape index (κ3) is 3.34. The molecule has 0 radical (unpaired) electrons. The maximum atomic E-state index is 11.6. The van der Waals surface area contributed by atoms with E-state index in [0.29, 0.717) is 19.8 Å². The summed E-state index contributed by atoms with van der Waals surface area (Å²) in [7, 11) is 1.62. The fraction of sp³-hybridized carbons (Fsp3) is 0.636. The summed E-state index contributed by atoms with van der Waals surface area (Å²) in [6.45, 7) is 3.48. The Balaban J connectivity index is 2.57. The van der Waals surface area contributed by atoms with E-state index in [1.54, 1.807) is 7.05 Å². The van der Waals surface area contributed by atoms with Crippen molar-refractivity contribution in [3.8, 4) is 0 Å². The third-order valence-electron chi connectivity index (χ3n) is 2.34. The molecule has 1 aromatic heterocycles. The summed E-state index contributed by atoms with van der Waals surface area (Å²) in [6, 6.07) is 1.38. The predicted octanol–water partition coefficient (Wildman–Crippen LogP) is 0.364. The lowest BCUT2D eigenvalue weighted by atomic mass is 10.4. The Morgan fingerprint density at radius 1 is 1.31 bits per heavy atom. The second kappa shape index (κ2) is 6.27. The molecule has 0 spiro atoms.